The standard InChI is InChI=1S/C21H24O3/c1-13-17-7-5-9-19(22)21(17,2)12-15(20(13)23)11-16-10-14-6-3-4-8-18(14)24-16/h3-4,6,8,10-11,13,17,19,22H,5,7,9,12H2,1-2H3/b15-11-/t13?,17?,19-,21-/m0/s1. The maximum atomic E-state index is 12.9. The Bertz CT molecular complexity index is 782. The topological polar surface area (TPSA) is 50.4 Å². The van der Waals surface area contributed by atoms with Gasteiger partial charge in [-0.3, -0.25) is 4.79 Å². The SMILES string of the molecule is CC1C(=O)/C(=C\c2cc3ccccc3o2)C[C@@]2(C)C1CCC[C@@H]2O. The first-order valence-corrected chi connectivity index (χ1v) is 8.90. The molecule has 2 aliphatic rings. The maximum Gasteiger partial charge on any atom is 0.162 e. The molecule has 0 saturated heterocycles. The molecule has 0 amide bonds. The van der Waals surface area contributed by atoms with Crippen molar-refractivity contribution in [2.45, 2.75) is 45.6 Å². The maximum absolute atomic E-state index is 12.9. The molecule has 24 heavy (non-hydrogen) atoms. The third kappa shape index (κ3) is 2.34. The number of ketones is 1. The zero-order chi connectivity index (χ0) is 16.9. The Balaban J connectivity index is 1.73. The number of hydrogen-bond acceptors (Lipinski definition) is 3. The van der Waals surface area contributed by atoms with E-state index in [9.17, 15) is 9.90 Å². The second-order valence-electron chi connectivity index (χ2n) is 7.74. The minimum absolute atomic E-state index is 0.0330. The first kappa shape index (κ1) is 15.6. The van der Waals surface area contributed by atoms with Gasteiger partial charge in [-0.1, -0.05) is 38.5 Å². The number of benzene rings is 1. The summed E-state index contributed by atoms with van der Waals surface area (Å²) in [6, 6.07) is 9.85. The number of Topliss-reactive ketones (excluding diaryl/α,β-unsaturated/α-hetero) is 1. The quantitative estimate of drug-likeness (QED) is 0.780. The van der Waals surface area contributed by atoms with Gasteiger partial charge in [0.25, 0.3) is 0 Å². The summed E-state index contributed by atoms with van der Waals surface area (Å²) in [5.74, 6) is 1.18. The molecular weight excluding hydrogens is 300 g/mol. The Labute approximate surface area is 142 Å². The molecule has 4 rings (SSSR count). The molecule has 1 N–H and O–H groups in total. The smallest absolute Gasteiger partial charge is 0.162 e. The number of fused-ring (bicyclic) bond motifs is 2. The van der Waals surface area contributed by atoms with Crippen molar-refractivity contribution in [1.29, 1.82) is 0 Å². The van der Waals surface area contributed by atoms with Gasteiger partial charge in [-0.25, -0.2) is 0 Å². The summed E-state index contributed by atoms with van der Waals surface area (Å²) in [5.41, 5.74) is 1.42. The van der Waals surface area contributed by atoms with Gasteiger partial charge in [-0.2, -0.15) is 0 Å². The van der Waals surface area contributed by atoms with Gasteiger partial charge in [-0.05, 0) is 49.0 Å². The molecular formula is C21H24O3. The van der Waals surface area contributed by atoms with Gasteiger partial charge in [0.05, 0.1) is 6.10 Å². The van der Waals surface area contributed by atoms with Crippen LogP contribution in [0.2, 0.25) is 0 Å². The van der Waals surface area contributed by atoms with Crippen molar-refractivity contribution in [1.82, 2.24) is 0 Å². The number of hydrogen-bond donors (Lipinski definition) is 1. The number of carbonyl (C=O) groups excluding carboxylic acids is 1. The van der Waals surface area contributed by atoms with Crippen molar-refractivity contribution in [2.24, 2.45) is 17.3 Å². The van der Waals surface area contributed by atoms with E-state index in [1.807, 2.05) is 43.3 Å². The first-order valence-electron chi connectivity index (χ1n) is 8.90. The predicted octanol–water partition coefficient (Wildman–Crippen LogP) is 4.59. The highest BCUT2D eigenvalue weighted by molar-refractivity contribution is 6.02. The largest absolute Gasteiger partial charge is 0.457 e. The zero-order valence-electron chi connectivity index (χ0n) is 14.3. The van der Waals surface area contributed by atoms with Crippen molar-refractivity contribution in [3.8, 4) is 0 Å². The molecule has 4 atom stereocenters. The van der Waals surface area contributed by atoms with E-state index in [0.29, 0.717) is 6.42 Å². The van der Waals surface area contributed by atoms with E-state index in [0.717, 1.165) is 41.6 Å². The van der Waals surface area contributed by atoms with Gasteiger partial charge in [0.1, 0.15) is 11.3 Å². The highest BCUT2D eigenvalue weighted by Gasteiger charge is 2.51. The van der Waals surface area contributed by atoms with E-state index >= 15 is 0 Å². The number of rotatable bonds is 1. The van der Waals surface area contributed by atoms with Crippen LogP contribution in [0.1, 0.15) is 45.3 Å². The lowest BCUT2D eigenvalue weighted by Crippen LogP contribution is -2.51. The molecule has 0 spiro atoms. The van der Waals surface area contributed by atoms with Crippen molar-refractivity contribution in [3.05, 3.63) is 41.7 Å². The number of carbonyl (C=O) groups is 1. The number of furan rings is 1. The molecule has 0 aliphatic heterocycles. The van der Waals surface area contributed by atoms with Gasteiger partial charge in [0, 0.05) is 16.7 Å². The summed E-state index contributed by atoms with van der Waals surface area (Å²) in [5, 5.41) is 11.6. The van der Waals surface area contributed by atoms with Gasteiger partial charge in [0.2, 0.25) is 0 Å². The average molecular weight is 324 g/mol. The molecule has 0 radical (unpaired) electrons. The normalized spacial score (nSPS) is 35.4. The molecule has 2 fully saturated rings. The van der Waals surface area contributed by atoms with Crippen LogP contribution in [-0.4, -0.2) is 17.0 Å². The fourth-order valence-corrected chi connectivity index (χ4v) is 4.85. The van der Waals surface area contributed by atoms with E-state index in [-0.39, 0.29) is 29.1 Å². The summed E-state index contributed by atoms with van der Waals surface area (Å²) in [6.45, 7) is 4.17. The van der Waals surface area contributed by atoms with Crippen LogP contribution in [0, 0.1) is 17.3 Å². The highest BCUT2D eigenvalue weighted by Crippen LogP contribution is 2.53. The third-order valence-electron chi connectivity index (χ3n) is 6.27. The Hall–Kier alpha value is -1.87. The fraction of sp³-hybridized carbons (Fsp3) is 0.476. The van der Waals surface area contributed by atoms with Crippen LogP contribution in [-0.2, 0) is 4.79 Å². The predicted molar refractivity (Wildman–Crippen MR) is 94.4 cm³/mol. The summed E-state index contributed by atoms with van der Waals surface area (Å²) in [6.07, 6.45) is 5.10. The lowest BCUT2D eigenvalue weighted by atomic mass is 9.54. The fourth-order valence-electron chi connectivity index (χ4n) is 4.85. The monoisotopic (exact) mass is 324 g/mol. The molecule has 2 aromatic rings. The molecule has 3 nitrogen and oxygen atoms in total. The van der Waals surface area contributed by atoms with Crippen LogP contribution >= 0.6 is 0 Å². The van der Waals surface area contributed by atoms with E-state index < -0.39 is 0 Å². The second kappa shape index (κ2) is 5.59. The summed E-state index contributed by atoms with van der Waals surface area (Å²) < 4.78 is 5.86. The summed E-state index contributed by atoms with van der Waals surface area (Å²) in [7, 11) is 0. The minimum Gasteiger partial charge on any atom is -0.457 e. The Kier molecular flexibility index (Phi) is 3.65. The van der Waals surface area contributed by atoms with Crippen molar-refractivity contribution >= 4 is 22.8 Å². The molecule has 2 unspecified atom stereocenters. The number of aliphatic hydroxyl groups is 1. The lowest BCUT2D eigenvalue weighted by Gasteiger charge is -2.51. The molecule has 1 heterocycles. The number of para-hydroxylation sites is 1. The molecule has 2 saturated carbocycles. The van der Waals surface area contributed by atoms with Gasteiger partial charge >= 0.3 is 0 Å². The molecule has 126 valence electrons. The van der Waals surface area contributed by atoms with E-state index in [1.165, 1.54) is 0 Å². The Morgan fingerprint density at radius 1 is 1.29 bits per heavy atom. The van der Waals surface area contributed by atoms with Crippen LogP contribution in [0.15, 0.2) is 40.3 Å². The van der Waals surface area contributed by atoms with Gasteiger partial charge in [0.15, 0.2) is 5.78 Å². The lowest BCUT2D eigenvalue weighted by molar-refractivity contribution is -0.133. The van der Waals surface area contributed by atoms with E-state index in [2.05, 4.69) is 6.92 Å². The summed E-state index contributed by atoms with van der Waals surface area (Å²) in [4.78, 5) is 12.9. The van der Waals surface area contributed by atoms with E-state index in [1.54, 1.807) is 0 Å². The number of allylic oxidation sites excluding steroid dienone is 1. The van der Waals surface area contributed by atoms with Crippen LogP contribution in [0.4, 0.5) is 0 Å². The minimum atomic E-state index is -0.328. The Morgan fingerprint density at radius 2 is 2.08 bits per heavy atom. The average Bonchev–Trinajstić information content (AvgIpc) is 2.97. The highest BCUT2D eigenvalue weighted by atomic mass is 16.3. The van der Waals surface area contributed by atoms with Crippen LogP contribution in [0.3, 0.4) is 0 Å². The van der Waals surface area contributed by atoms with Crippen molar-refractivity contribution in [3.63, 3.8) is 0 Å². The third-order valence-corrected chi connectivity index (χ3v) is 6.27. The second-order valence-corrected chi connectivity index (χ2v) is 7.74. The molecule has 1 aromatic carbocycles. The molecule has 2 aliphatic carbocycles. The summed E-state index contributed by atoms with van der Waals surface area (Å²) >= 11 is 0. The molecule has 3 heteroatoms. The van der Waals surface area contributed by atoms with Crippen LogP contribution in [0.25, 0.3) is 17.0 Å². The number of aliphatic hydroxyl groups excluding tert-OH is 1. The van der Waals surface area contributed by atoms with Crippen molar-refractivity contribution < 1.29 is 14.3 Å². The van der Waals surface area contributed by atoms with E-state index in [4.69, 9.17) is 4.42 Å². The molecule has 1 aromatic heterocycles. The van der Waals surface area contributed by atoms with Crippen LogP contribution < -0.4 is 0 Å². The Morgan fingerprint density at radius 3 is 2.88 bits per heavy atom. The zero-order valence-corrected chi connectivity index (χ0v) is 14.3. The first-order chi connectivity index (χ1) is 11.5. The van der Waals surface area contributed by atoms with Gasteiger partial charge in [-0.15, -0.1) is 0 Å². The van der Waals surface area contributed by atoms with Gasteiger partial charge < -0.3 is 9.52 Å². The van der Waals surface area contributed by atoms with Crippen LogP contribution in [0.5, 0.6) is 0 Å². The van der Waals surface area contributed by atoms with Crippen molar-refractivity contribution in [2.75, 3.05) is 0 Å². The molecule has 0 bridgehead atoms.